The summed E-state index contributed by atoms with van der Waals surface area (Å²) in [4.78, 5) is 16.1. The van der Waals surface area contributed by atoms with Crippen molar-refractivity contribution in [2.45, 2.75) is 20.3 Å². The average Bonchev–Trinajstić information content (AvgIpc) is 2.88. The van der Waals surface area contributed by atoms with Crippen LogP contribution in [0.2, 0.25) is 0 Å². The predicted octanol–water partition coefficient (Wildman–Crippen LogP) is 2.70. The molecule has 0 aliphatic carbocycles. The number of oxazole rings is 1. The highest BCUT2D eigenvalue weighted by atomic mass is 16.3. The highest BCUT2D eigenvalue weighted by molar-refractivity contribution is 5.92. The fourth-order valence-corrected chi connectivity index (χ4v) is 1.70. The lowest BCUT2D eigenvalue weighted by Gasteiger charge is -2.04. The van der Waals surface area contributed by atoms with Crippen LogP contribution in [-0.4, -0.2) is 17.4 Å². The summed E-state index contributed by atoms with van der Waals surface area (Å²) in [5, 5.41) is 2.82. The van der Waals surface area contributed by atoms with Crippen molar-refractivity contribution < 1.29 is 9.21 Å². The molecular formula is C15H19N3O2. The zero-order chi connectivity index (χ0) is 14.5. The van der Waals surface area contributed by atoms with Crippen molar-refractivity contribution >= 4 is 11.6 Å². The molecule has 2 aromatic rings. The Balaban J connectivity index is 2.01. The smallest absolute Gasteiger partial charge is 0.273 e. The molecule has 0 bridgehead atoms. The van der Waals surface area contributed by atoms with Gasteiger partial charge in [0.1, 0.15) is 6.26 Å². The van der Waals surface area contributed by atoms with E-state index in [-0.39, 0.29) is 5.91 Å². The van der Waals surface area contributed by atoms with Crippen LogP contribution in [0.3, 0.4) is 0 Å². The molecule has 5 nitrogen and oxygen atoms in total. The third kappa shape index (κ3) is 3.60. The minimum Gasteiger partial charge on any atom is -0.444 e. The Morgan fingerprint density at radius 3 is 2.70 bits per heavy atom. The van der Waals surface area contributed by atoms with Gasteiger partial charge < -0.3 is 15.5 Å². The van der Waals surface area contributed by atoms with Gasteiger partial charge in [0.05, 0.1) is 0 Å². The molecule has 1 aromatic carbocycles. The van der Waals surface area contributed by atoms with E-state index >= 15 is 0 Å². The van der Waals surface area contributed by atoms with E-state index < -0.39 is 0 Å². The molecule has 0 fully saturated rings. The summed E-state index contributed by atoms with van der Waals surface area (Å²) in [5.74, 6) is 0.757. The molecular weight excluding hydrogens is 254 g/mol. The molecule has 0 aliphatic heterocycles. The Labute approximate surface area is 118 Å². The second kappa shape index (κ2) is 6.23. The molecule has 0 radical (unpaired) electrons. The van der Waals surface area contributed by atoms with Gasteiger partial charge >= 0.3 is 0 Å². The van der Waals surface area contributed by atoms with Crippen LogP contribution in [0.1, 0.15) is 30.8 Å². The second-order valence-corrected chi connectivity index (χ2v) is 5.10. The van der Waals surface area contributed by atoms with Gasteiger partial charge in [-0.25, -0.2) is 4.98 Å². The lowest BCUT2D eigenvalue weighted by Crippen LogP contribution is -2.25. The molecule has 5 heteroatoms. The summed E-state index contributed by atoms with van der Waals surface area (Å²) in [5.41, 5.74) is 7.38. The maximum atomic E-state index is 11.9. The molecule has 0 saturated heterocycles. The maximum Gasteiger partial charge on any atom is 0.273 e. The fourth-order valence-electron chi connectivity index (χ4n) is 1.70. The van der Waals surface area contributed by atoms with Crippen molar-refractivity contribution in [1.29, 1.82) is 0 Å². The number of amides is 1. The number of rotatable bonds is 5. The molecule has 0 spiro atoms. The maximum absolute atomic E-state index is 11.9. The van der Waals surface area contributed by atoms with Crippen LogP contribution in [0.15, 0.2) is 34.9 Å². The monoisotopic (exact) mass is 273 g/mol. The molecule has 0 saturated carbocycles. The largest absolute Gasteiger partial charge is 0.444 e. The Morgan fingerprint density at radius 2 is 2.05 bits per heavy atom. The number of anilines is 1. The standard InChI is InChI=1S/C15H19N3O2/c1-10(2)7-8-17-14(19)13-9-20-15(18-13)11-3-5-12(16)6-4-11/h3-6,9-10H,7-8,16H2,1-2H3,(H,17,19). The number of nitrogens with zero attached hydrogens (tertiary/aromatic N) is 1. The average molecular weight is 273 g/mol. The molecule has 1 aromatic heterocycles. The van der Waals surface area contributed by atoms with Gasteiger partial charge in [0, 0.05) is 17.8 Å². The lowest BCUT2D eigenvalue weighted by atomic mass is 10.1. The zero-order valence-electron chi connectivity index (χ0n) is 11.7. The predicted molar refractivity (Wildman–Crippen MR) is 78.1 cm³/mol. The summed E-state index contributed by atoms with van der Waals surface area (Å²) in [6, 6.07) is 7.15. The normalized spacial score (nSPS) is 10.8. The topological polar surface area (TPSA) is 81.2 Å². The SMILES string of the molecule is CC(C)CCNC(=O)c1coc(-c2ccc(N)cc2)n1. The number of nitrogens with two attached hydrogens (primary N) is 1. The van der Waals surface area contributed by atoms with E-state index in [1.165, 1.54) is 6.26 Å². The van der Waals surface area contributed by atoms with Gasteiger partial charge in [-0.1, -0.05) is 13.8 Å². The number of hydrogen-bond donors (Lipinski definition) is 2. The van der Waals surface area contributed by atoms with Gasteiger partial charge in [0.15, 0.2) is 5.69 Å². The molecule has 1 amide bonds. The highest BCUT2D eigenvalue weighted by Crippen LogP contribution is 2.19. The molecule has 1 heterocycles. The Kier molecular flexibility index (Phi) is 4.40. The van der Waals surface area contributed by atoms with Gasteiger partial charge in [0.25, 0.3) is 5.91 Å². The van der Waals surface area contributed by atoms with Gasteiger partial charge in [-0.05, 0) is 36.6 Å². The van der Waals surface area contributed by atoms with E-state index in [9.17, 15) is 4.79 Å². The lowest BCUT2D eigenvalue weighted by molar-refractivity contribution is 0.0947. The zero-order valence-corrected chi connectivity index (χ0v) is 11.7. The van der Waals surface area contributed by atoms with Crippen LogP contribution >= 0.6 is 0 Å². The second-order valence-electron chi connectivity index (χ2n) is 5.10. The summed E-state index contributed by atoms with van der Waals surface area (Å²) in [6.07, 6.45) is 2.31. The fraction of sp³-hybridized carbons (Fsp3) is 0.333. The van der Waals surface area contributed by atoms with Crippen molar-refractivity contribution in [3.8, 4) is 11.5 Å². The van der Waals surface area contributed by atoms with Crippen molar-refractivity contribution in [1.82, 2.24) is 10.3 Å². The summed E-state index contributed by atoms with van der Waals surface area (Å²) in [6.45, 7) is 4.86. The summed E-state index contributed by atoms with van der Waals surface area (Å²) >= 11 is 0. The molecule has 2 rings (SSSR count). The van der Waals surface area contributed by atoms with Crippen LogP contribution in [0.5, 0.6) is 0 Å². The van der Waals surface area contributed by atoms with Crippen molar-refractivity contribution in [2.24, 2.45) is 5.92 Å². The number of nitrogen functional groups attached to an aromatic ring is 1. The Bertz CT molecular complexity index is 573. The highest BCUT2D eigenvalue weighted by Gasteiger charge is 2.13. The molecule has 0 unspecified atom stereocenters. The number of hydrogen-bond acceptors (Lipinski definition) is 4. The van der Waals surface area contributed by atoms with Crippen molar-refractivity contribution in [2.75, 3.05) is 12.3 Å². The van der Waals surface area contributed by atoms with E-state index in [1.54, 1.807) is 12.1 Å². The molecule has 0 aliphatic rings. The van der Waals surface area contributed by atoms with E-state index in [1.807, 2.05) is 12.1 Å². The van der Waals surface area contributed by atoms with Crippen LogP contribution in [0, 0.1) is 5.92 Å². The number of nitrogens with one attached hydrogen (secondary N) is 1. The Morgan fingerprint density at radius 1 is 1.35 bits per heavy atom. The van der Waals surface area contributed by atoms with E-state index in [0.717, 1.165) is 12.0 Å². The Hall–Kier alpha value is -2.30. The number of carbonyl (C=O) groups excluding carboxylic acids is 1. The van der Waals surface area contributed by atoms with E-state index in [4.69, 9.17) is 10.2 Å². The molecule has 106 valence electrons. The quantitative estimate of drug-likeness (QED) is 0.821. The summed E-state index contributed by atoms with van der Waals surface area (Å²) < 4.78 is 5.33. The first kappa shape index (κ1) is 14.1. The van der Waals surface area contributed by atoms with Crippen molar-refractivity contribution in [3.63, 3.8) is 0 Å². The minimum atomic E-state index is -0.212. The number of benzene rings is 1. The summed E-state index contributed by atoms with van der Waals surface area (Å²) in [7, 11) is 0. The van der Waals surface area contributed by atoms with Gasteiger partial charge in [-0.3, -0.25) is 4.79 Å². The first-order chi connectivity index (χ1) is 9.56. The van der Waals surface area contributed by atoms with Crippen LogP contribution < -0.4 is 11.1 Å². The molecule has 0 atom stereocenters. The number of aromatic nitrogens is 1. The van der Waals surface area contributed by atoms with Crippen LogP contribution in [0.4, 0.5) is 5.69 Å². The number of carbonyl (C=O) groups is 1. The van der Waals surface area contributed by atoms with E-state index in [2.05, 4.69) is 24.1 Å². The van der Waals surface area contributed by atoms with Gasteiger partial charge in [-0.2, -0.15) is 0 Å². The third-order valence-corrected chi connectivity index (χ3v) is 2.90. The first-order valence-electron chi connectivity index (χ1n) is 6.66. The van der Waals surface area contributed by atoms with Gasteiger partial charge in [-0.15, -0.1) is 0 Å². The van der Waals surface area contributed by atoms with E-state index in [0.29, 0.717) is 29.7 Å². The minimum absolute atomic E-state index is 0.212. The van der Waals surface area contributed by atoms with Gasteiger partial charge in [0.2, 0.25) is 5.89 Å². The van der Waals surface area contributed by atoms with Crippen LogP contribution in [-0.2, 0) is 0 Å². The first-order valence-corrected chi connectivity index (χ1v) is 6.66. The molecule has 3 N–H and O–H groups in total. The third-order valence-electron chi connectivity index (χ3n) is 2.90. The molecule has 20 heavy (non-hydrogen) atoms. The van der Waals surface area contributed by atoms with Crippen molar-refractivity contribution in [3.05, 3.63) is 36.2 Å². The van der Waals surface area contributed by atoms with Crippen LogP contribution in [0.25, 0.3) is 11.5 Å².